The molecule has 0 unspecified atom stereocenters. The van der Waals surface area contributed by atoms with Gasteiger partial charge in [-0.05, 0) is 36.6 Å². The molecule has 23 heavy (non-hydrogen) atoms. The second-order valence-electron chi connectivity index (χ2n) is 5.64. The molecule has 0 radical (unpaired) electrons. The third-order valence-electron chi connectivity index (χ3n) is 3.86. The van der Waals surface area contributed by atoms with Crippen LogP contribution in [0.5, 0.6) is 0 Å². The first-order valence-corrected chi connectivity index (χ1v) is 8.06. The molecule has 0 aliphatic rings. The summed E-state index contributed by atoms with van der Waals surface area (Å²) >= 11 is 0. The first kappa shape index (κ1) is 17.0. The number of rotatable bonds is 8. The number of hydrogen-bond acceptors (Lipinski definition) is 3. The Morgan fingerprint density at radius 2 is 1.70 bits per heavy atom. The highest BCUT2D eigenvalue weighted by molar-refractivity contribution is 5.76. The second-order valence-corrected chi connectivity index (χ2v) is 5.64. The van der Waals surface area contributed by atoms with E-state index in [1.54, 1.807) is 0 Å². The third-order valence-corrected chi connectivity index (χ3v) is 3.86. The number of carbonyl (C=O) groups excluding carboxylic acids is 1. The van der Waals surface area contributed by atoms with E-state index >= 15 is 0 Å². The molecule has 1 amide bonds. The smallest absolute Gasteiger partial charge is 0.223 e. The Bertz CT molecular complexity index is 613. The number of amides is 1. The number of hydrogen-bond donors (Lipinski definition) is 2. The van der Waals surface area contributed by atoms with Crippen LogP contribution in [-0.4, -0.2) is 23.9 Å². The van der Waals surface area contributed by atoms with Crippen LogP contribution in [0.2, 0.25) is 0 Å². The van der Waals surface area contributed by atoms with Crippen LogP contribution in [0.1, 0.15) is 24.0 Å². The predicted molar refractivity (Wildman–Crippen MR) is 94.7 cm³/mol. The van der Waals surface area contributed by atoms with Crippen LogP contribution in [0.15, 0.2) is 54.6 Å². The normalized spacial score (nSPS) is 10.5. The molecule has 0 saturated carbocycles. The van der Waals surface area contributed by atoms with Crippen LogP contribution in [0.3, 0.4) is 0 Å². The highest BCUT2D eigenvalue weighted by Gasteiger charge is 2.14. The van der Waals surface area contributed by atoms with Gasteiger partial charge in [-0.1, -0.05) is 48.5 Å². The summed E-state index contributed by atoms with van der Waals surface area (Å²) in [4.78, 5) is 14.5. The number of nitrogens with two attached hydrogens (primary N) is 2. The van der Waals surface area contributed by atoms with Crippen LogP contribution in [0.25, 0.3) is 0 Å². The molecule has 0 fully saturated rings. The van der Waals surface area contributed by atoms with Crippen molar-refractivity contribution >= 4 is 11.6 Å². The van der Waals surface area contributed by atoms with Crippen molar-refractivity contribution in [3.63, 3.8) is 0 Å². The van der Waals surface area contributed by atoms with Crippen molar-refractivity contribution in [2.75, 3.05) is 18.8 Å². The summed E-state index contributed by atoms with van der Waals surface area (Å²) in [6, 6.07) is 17.7. The van der Waals surface area contributed by atoms with E-state index < -0.39 is 0 Å². The van der Waals surface area contributed by atoms with Crippen molar-refractivity contribution in [2.24, 2.45) is 5.73 Å². The predicted octanol–water partition coefficient (Wildman–Crippen LogP) is 2.58. The molecule has 4 nitrogen and oxygen atoms in total. The number of nitrogens with zero attached hydrogens (tertiary/aromatic N) is 1. The van der Waals surface area contributed by atoms with Crippen LogP contribution in [0.4, 0.5) is 5.69 Å². The number of benzene rings is 2. The Hall–Kier alpha value is -2.33. The molecule has 0 bridgehead atoms. The topological polar surface area (TPSA) is 72.3 Å². The molecular formula is C19H25N3O. The van der Waals surface area contributed by atoms with Gasteiger partial charge in [0.1, 0.15) is 0 Å². The molecule has 0 aliphatic heterocycles. The molecule has 122 valence electrons. The van der Waals surface area contributed by atoms with Crippen molar-refractivity contribution in [1.82, 2.24) is 4.90 Å². The van der Waals surface area contributed by atoms with E-state index in [9.17, 15) is 4.79 Å². The summed E-state index contributed by atoms with van der Waals surface area (Å²) in [5.41, 5.74) is 14.5. The third kappa shape index (κ3) is 5.42. The van der Waals surface area contributed by atoms with Gasteiger partial charge in [-0.3, -0.25) is 4.79 Å². The van der Waals surface area contributed by atoms with Crippen molar-refractivity contribution in [1.29, 1.82) is 0 Å². The molecule has 4 N–H and O–H groups in total. The highest BCUT2D eigenvalue weighted by Crippen LogP contribution is 2.14. The SMILES string of the molecule is NCCCN(Cc1ccccc1)C(=O)CCc1ccccc1N. The molecule has 2 rings (SSSR count). The molecule has 0 heterocycles. The van der Waals surface area contributed by atoms with E-state index in [-0.39, 0.29) is 5.91 Å². The van der Waals surface area contributed by atoms with Gasteiger partial charge in [0.05, 0.1) is 0 Å². The summed E-state index contributed by atoms with van der Waals surface area (Å²) < 4.78 is 0. The lowest BCUT2D eigenvalue weighted by Gasteiger charge is -2.23. The van der Waals surface area contributed by atoms with Gasteiger partial charge in [0.25, 0.3) is 0 Å². The molecule has 0 saturated heterocycles. The molecule has 0 atom stereocenters. The fourth-order valence-corrected chi connectivity index (χ4v) is 2.54. The summed E-state index contributed by atoms with van der Waals surface area (Å²) in [7, 11) is 0. The number of anilines is 1. The van der Waals surface area contributed by atoms with E-state index in [1.807, 2.05) is 59.5 Å². The van der Waals surface area contributed by atoms with Gasteiger partial charge < -0.3 is 16.4 Å². The maximum absolute atomic E-state index is 12.6. The van der Waals surface area contributed by atoms with E-state index in [2.05, 4.69) is 0 Å². The van der Waals surface area contributed by atoms with Crippen LogP contribution in [0, 0.1) is 0 Å². The first-order chi connectivity index (χ1) is 11.2. The zero-order valence-electron chi connectivity index (χ0n) is 13.4. The number of carbonyl (C=O) groups is 1. The standard InChI is InChI=1S/C19H25N3O/c20-13-6-14-22(15-16-7-2-1-3-8-16)19(23)12-11-17-9-4-5-10-18(17)21/h1-5,7-10H,6,11-15,20-21H2. The summed E-state index contributed by atoms with van der Waals surface area (Å²) in [5.74, 6) is 0.144. The molecule has 0 aliphatic carbocycles. The maximum atomic E-state index is 12.6. The van der Waals surface area contributed by atoms with Crippen LogP contribution < -0.4 is 11.5 Å². The fourth-order valence-electron chi connectivity index (χ4n) is 2.54. The summed E-state index contributed by atoms with van der Waals surface area (Å²) in [6.45, 7) is 1.91. The Kier molecular flexibility index (Phi) is 6.63. The van der Waals surface area contributed by atoms with E-state index in [0.717, 1.165) is 23.2 Å². The largest absolute Gasteiger partial charge is 0.399 e. The number of para-hydroxylation sites is 1. The van der Waals surface area contributed by atoms with Crippen molar-refractivity contribution in [3.8, 4) is 0 Å². The lowest BCUT2D eigenvalue weighted by Crippen LogP contribution is -2.32. The second kappa shape index (κ2) is 8.96. The van der Waals surface area contributed by atoms with Gasteiger partial charge in [-0.2, -0.15) is 0 Å². The van der Waals surface area contributed by atoms with Gasteiger partial charge in [0.15, 0.2) is 0 Å². The lowest BCUT2D eigenvalue weighted by molar-refractivity contribution is -0.131. The zero-order valence-corrected chi connectivity index (χ0v) is 13.4. The molecule has 0 spiro atoms. The number of aryl methyl sites for hydroxylation is 1. The monoisotopic (exact) mass is 311 g/mol. The van der Waals surface area contributed by atoms with E-state index in [1.165, 1.54) is 0 Å². The molecule has 0 aromatic heterocycles. The van der Waals surface area contributed by atoms with Crippen molar-refractivity contribution in [3.05, 3.63) is 65.7 Å². The van der Waals surface area contributed by atoms with Gasteiger partial charge in [0.2, 0.25) is 5.91 Å². The van der Waals surface area contributed by atoms with Crippen molar-refractivity contribution in [2.45, 2.75) is 25.8 Å². The number of nitrogen functional groups attached to an aromatic ring is 1. The first-order valence-electron chi connectivity index (χ1n) is 8.06. The summed E-state index contributed by atoms with van der Waals surface area (Å²) in [5, 5.41) is 0. The maximum Gasteiger partial charge on any atom is 0.223 e. The average Bonchev–Trinajstić information content (AvgIpc) is 2.58. The van der Waals surface area contributed by atoms with Crippen LogP contribution >= 0.6 is 0 Å². The minimum atomic E-state index is 0.144. The molecule has 2 aromatic rings. The average molecular weight is 311 g/mol. The Labute approximate surface area is 138 Å². The Morgan fingerprint density at radius 3 is 2.39 bits per heavy atom. The lowest BCUT2D eigenvalue weighted by atomic mass is 10.1. The molecule has 2 aromatic carbocycles. The quantitative estimate of drug-likeness (QED) is 0.736. The highest BCUT2D eigenvalue weighted by atomic mass is 16.2. The van der Waals surface area contributed by atoms with Gasteiger partial charge in [-0.15, -0.1) is 0 Å². The fraction of sp³-hybridized carbons (Fsp3) is 0.316. The molecule has 4 heteroatoms. The summed E-state index contributed by atoms with van der Waals surface area (Å²) in [6.07, 6.45) is 1.94. The minimum absolute atomic E-state index is 0.144. The Balaban J connectivity index is 1.97. The molecular weight excluding hydrogens is 286 g/mol. The van der Waals surface area contributed by atoms with E-state index in [4.69, 9.17) is 11.5 Å². The van der Waals surface area contributed by atoms with Crippen LogP contribution in [-0.2, 0) is 17.8 Å². The van der Waals surface area contributed by atoms with Crippen molar-refractivity contribution < 1.29 is 4.79 Å². The van der Waals surface area contributed by atoms with Gasteiger partial charge in [0, 0.05) is 25.2 Å². The Morgan fingerprint density at radius 1 is 1.00 bits per heavy atom. The van der Waals surface area contributed by atoms with E-state index in [0.29, 0.717) is 32.5 Å². The minimum Gasteiger partial charge on any atom is -0.399 e. The zero-order chi connectivity index (χ0) is 16.5. The van der Waals surface area contributed by atoms with Gasteiger partial charge >= 0.3 is 0 Å². The van der Waals surface area contributed by atoms with Gasteiger partial charge in [-0.25, -0.2) is 0 Å².